The minimum atomic E-state index is -2.81. The highest BCUT2D eigenvalue weighted by molar-refractivity contribution is 7.90. The van der Waals surface area contributed by atoms with Gasteiger partial charge in [0.2, 0.25) is 0 Å². The van der Waals surface area contributed by atoms with E-state index in [9.17, 15) is 8.42 Å². The summed E-state index contributed by atoms with van der Waals surface area (Å²) < 4.78 is 22.6. The van der Waals surface area contributed by atoms with Crippen molar-refractivity contribution < 1.29 is 8.42 Å². The van der Waals surface area contributed by atoms with Crippen LogP contribution in [-0.4, -0.2) is 33.0 Å². The zero-order valence-electron chi connectivity index (χ0n) is 12.6. The van der Waals surface area contributed by atoms with Crippen LogP contribution in [0.5, 0.6) is 0 Å². The fraction of sp³-hybridized carbons (Fsp3) is 1.00. The predicted molar refractivity (Wildman–Crippen MR) is 80.0 cm³/mol. The third-order valence-electron chi connectivity index (χ3n) is 5.15. The lowest BCUT2D eigenvalue weighted by molar-refractivity contribution is 0.138. The van der Waals surface area contributed by atoms with Gasteiger partial charge in [0.1, 0.15) is 9.84 Å². The van der Waals surface area contributed by atoms with Crippen LogP contribution >= 0.6 is 0 Å². The van der Waals surface area contributed by atoms with Crippen LogP contribution < -0.4 is 5.32 Å². The molecule has 0 heterocycles. The zero-order chi connectivity index (χ0) is 14.1. The highest BCUT2D eigenvalue weighted by atomic mass is 32.2. The normalized spacial score (nSPS) is 34.3. The quantitative estimate of drug-likeness (QED) is 0.783. The molecule has 0 aromatic heterocycles. The van der Waals surface area contributed by atoms with Crippen LogP contribution in [0.3, 0.4) is 0 Å². The molecular formula is C15H29NO2S. The molecule has 2 bridgehead atoms. The Balaban J connectivity index is 1.95. The van der Waals surface area contributed by atoms with E-state index in [4.69, 9.17) is 0 Å². The van der Waals surface area contributed by atoms with Gasteiger partial charge < -0.3 is 5.32 Å². The first-order valence-corrected chi connectivity index (χ1v) is 9.78. The summed E-state index contributed by atoms with van der Waals surface area (Å²) in [5, 5.41) is 3.61. The summed E-state index contributed by atoms with van der Waals surface area (Å²) in [5.74, 6) is 2.11. The predicted octanol–water partition coefficient (Wildman–Crippen LogP) is 2.62. The molecule has 1 N–H and O–H groups in total. The average molecular weight is 287 g/mol. The van der Waals surface area contributed by atoms with Crippen molar-refractivity contribution in [3.63, 3.8) is 0 Å². The minimum Gasteiger partial charge on any atom is -0.314 e. The zero-order valence-corrected chi connectivity index (χ0v) is 13.4. The number of rotatable bonds is 7. The number of hydrogen-bond acceptors (Lipinski definition) is 3. The molecule has 2 rings (SSSR count). The second-order valence-electron chi connectivity index (χ2n) is 7.21. The van der Waals surface area contributed by atoms with Gasteiger partial charge in [-0.2, -0.15) is 0 Å². The molecule has 2 fully saturated rings. The van der Waals surface area contributed by atoms with E-state index in [1.54, 1.807) is 0 Å². The Labute approximate surface area is 118 Å². The van der Waals surface area contributed by atoms with E-state index < -0.39 is 9.84 Å². The first kappa shape index (κ1) is 15.3. The Bertz CT molecular complexity index is 404. The van der Waals surface area contributed by atoms with E-state index >= 15 is 0 Å². The first-order valence-electron chi connectivity index (χ1n) is 7.72. The van der Waals surface area contributed by atoms with Crippen molar-refractivity contribution in [2.24, 2.45) is 17.3 Å². The summed E-state index contributed by atoms with van der Waals surface area (Å²) in [6.07, 6.45) is 8.75. The fourth-order valence-electron chi connectivity index (χ4n) is 4.26. The smallest absolute Gasteiger partial charge is 0.147 e. The lowest BCUT2D eigenvalue weighted by Crippen LogP contribution is -2.41. The molecule has 3 atom stereocenters. The van der Waals surface area contributed by atoms with E-state index in [0.717, 1.165) is 31.2 Å². The van der Waals surface area contributed by atoms with Crippen LogP contribution in [0, 0.1) is 17.3 Å². The van der Waals surface area contributed by atoms with Crippen LogP contribution in [0.25, 0.3) is 0 Å². The lowest BCUT2D eigenvalue weighted by atomic mass is 9.70. The topological polar surface area (TPSA) is 46.2 Å². The van der Waals surface area contributed by atoms with Crippen LogP contribution in [-0.2, 0) is 9.84 Å². The molecule has 4 heteroatoms. The van der Waals surface area contributed by atoms with Crippen molar-refractivity contribution in [2.45, 2.75) is 58.4 Å². The molecule has 0 amide bonds. The average Bonchev–Trinajstić information content (AvgIpc) is 2.85. The summed E-state index contributed by atoms with van der Waals surface area (Å²) in [6, 6.07) is 0.519. The van der Waals surface area contributed by atoms with Gasteiger partial charge in [-0.25, -0.2) is 8.42 Å². The SMILES string of the molecule is CC(C)NCC1(CCCS(C)(=O)=O)CC2CCC1C2. The molecule has 0 radical (unpaired) electrons. The van der Waals surface area contributed by atoms with Crippen molar-refractivity contribution in [3.05, 3.63) is 0 Å². The Morgan fingerprint density at radius 1 is 1.32 bits per heavy atom. The van der Waals surface area contributed by atoms with Crippen molar-refractivity contribution in [2.75, 3.05) is 18.6 Å². The van der Waals surface area contributed by atoms with Gasteiger partial charge in [-0.05, 0) is 49.4 Å². The third kappa shape index (κ3) is 3.94. The van der Waals surface area contributed by atoms with E-state index in [-0.39, 0.29) is 0 Å². The molecule has 0 saturated heterocycles. The van der Waals surface area contributed by atoms with Gasteiger partial charge in [0.05, 0.1) is 0 Å². The molecule has 3 nitrogen and oxygen atoms in total. The second kappa shape index (κ2) is 5.72. The molecule has 19 heavy (non-hydrogen) atoms. The molecule has 0 aliphatic heterocycles. The van der Waals surface area contributed by atoms with Gasteiger partial charge >= 0.3 is 0 Å². The Kier molecular flexibility index (Phi) is 4.61. The van der Waals surface area contributed by atoms with Gasteiger partial charge in [0.15, 0.2) is 0 Å². The summed E-state index contributed by atoms with van der Waals surface area (Å²) in [7, 11) is -2.81. The Morgan fingerprint density at radius 2 is 2.05 bits per heavy atom. The monoisotopic (exact) mass is 287 g/mol. The largest absolute Gasteiger partial charge is 0.314 e. The number of hydrogen-bond donors (Lipinski definition) is 1. The third-order valence-corrected chi connectivity index (χ3v) is 6.18. The van der Waals surface area contributed by atoms with Gasteiger partial charge in [0, 0.05) is 24.6 Å². The minimum absolute atomic E-state index is 0.355. The fourth-order valence-corrected chi connectivity index (χ4v) is 4.93. The van der Waals surface area contributed by atoms with Gasteiger partial charge in [-0.3, -0.25) is 0 Å². The Morgan fingerprint density at radius 3 is 2.53 bits per heavy atom. The number of sulfone groups is 1. The molecule has 0 aromatic rings. The molecule has 0 aromatic carbocycles. The van der Waals surface area contributed by atoms with Crippen LogP contribution in [0.4, 0.5) is 0 Å². The lowest BCUT2D eigenvalue weighted by Gasteiger charge is -2.39. The van der Waals surface area contributed by atoms with Crippen molar-refractivity contribution in [1.82, 2.24) is 5.32 Å². The van der Waals surface area contributed by atoms with E-state index in [2.05, 4.69) is 19.2 Å². The standard InChI is InChI=1S/C15H29NO2S/c1-12(2)16-11-15(7-4-8-19(3,17)18)10-13-5-6-14(15)9-13/h12-14,16H,4-11H2,1-3H3. The van der Waals surface area contributed by atoms with Crippen LogP contribution in [0.2, 0.25) is 0 Å². The van der Waals surface area contributed by atoms with Crippen LogP contribution in [0.15, 0.2) is 0 Å². The van der Waals surface area contributed by atoms with E-state index in [0.29, 0.717) is 17.2 Å². The second-order valence-corrected chi connectivity index (χ2v) is 9.47. The van der Waals surface area contributed by atoms with E-state index in [1.165, 1.54) is 31.9 Å². The molecule has 112 valence electrons. The van der Waals surface area contributed by atoms with Crippen molar-refractivity contribution in [1.29, 1.82) is 0 Å². The molecule has 2 saturated carbocycles. The highest BCUT2D eigenvalue weighted by Gasteiger charge is 2.49. The van der Waals surface area contributed by atoms with Gasteiger partial charge in [0.25, 0.3) is 0 Å². The maximum absolute atomic E-state index is 11.3. The maximum Gasteiger partial charge on any atom is 0.147 e. The van der Waals surface area contributed by atoms with Gasteiger partial charge in [-0.15, -0.1) is 0 Å². The number of fused-ring (bicyclic) bond motifs is 2. The molecular weight excluding hydrogens is 258 g/mol. The van der Waals surface area contributed by atoms with Crippen molar-refractivity contribution in [3.8, 4) is 0 Å². The summed E-state index contributed by atoms with van der Waals surface area (Å²) in [6.45, 7) is 5.46. The number of nitrogens with one attached hydrogen (secondary N) is 1. The summed E-state index contributed by atoms with van der Waals surface area (Å²) in [5.41, 5.74) is 0.387. The summed E-state index contributed by atoms with van der Waals surface area (Å²) >= 11 is 0. The molecule has 3 unspecified atom stereocenters. The summed E-state index contributed by atoms with van der Waals surface area (Å²) in [4.78, 5) is 0. The molecule has 0 spiro atoms. The van der Waals surface area contributed by atoms with Crippen LogP contribution in [0.1, 0.15) is 52.4 Å². The van der Waals surface area contributed by atoms with Crippen molar-refractivity contribution >= 4 is 9.84 Å². The molecule has 2 aliphatic rings. The first-order chi connectivity index (χ1) is 8.81. The van der Waals surface area contributed by atoms with E-state index in [1.807, 2.05) is 0 Å². The maximum atomic E-state index is 11.3. The molecule has 2 aliphatic carbocycles. The Hall–Kier alpha value is -0.0900. The van der Waals surface area contributed by atoms with Gasteiger partial charge in [-0.1, -0.05) is 20.3 Å². The highest BCUT2D eigenvalue weighted by Crippen LogP contribution is 2.57.